The summed E-state index contributed by atoms with van der Waals surface area (Å²) in [5, 5.41) is 7.53. The number of nitrogens with zero attached hydrogens (tertiary/aromatic N) is 4. The van der Waals surface area contributed by atoms with E-state index in [9.17, 15) is 4.79 Å². The summed E-state index contributed by atoms with van der Waals surface area (Å²) < 4.78 is 4.35. The van der Waals surface area contributed by atoms with Crippen molar-refractivity contribution >= 4 is 43.8 Å². The number of rotatable bonds is 5. The summed E-state index contributed by atoms with van der Waals surface area (Å²) in [5.41, 5.74) is 2.43. The minimum atomic E-state index is -0.170. The van der Waals surface area contributed by atoms with Gasteiger partial charge in [0.2, 0.25) is 0 Å². The van der Waals surface area contributed by atoms with Crippen LogP contribution in [0.4, 0.5) is 0 Å². The van der Waals surface area contributed by atoms with E-state index in [0.29, 0.717) is 16.7 Å². The Hall–Kier alpha value is -3.51. The predicted octanol–water partition coefficient (Wildman–Crippen LogP) is 6.50. The molecule has 164 valence electrons. The van der Waals surface area contributed by atoms with Gasteiger partial charge >= 0.3 is 0 Å². The molecular formula is C27H23BrN4O. The third-order valence-corrected chi connectivity index (χ3v) is 6.48. The molecule has 5 aromatic rings. The van der Waals surface area contributed by atoms with Crippen molar-refractivity contribution in [2.75, 3.05) is 0 Å². The molecule has 0 radical (unpaired) electrons. The van der Waals surface area contributed by atoms with Gasteiger partial charge in [-0.15, -0.1) is 0 Å². The molecule has 0 aliphatic carbocycles. The second kappa shape index (κ2) is 8.79. The summed E-state index contributed by atoms with van der Waals surface area (Å²) in [6, 6.07) is 24.2. The number of aromatic nitrogens is 3. The first-order valence-corrected chi connectivity index (χ1v) is 11.8. The zero-order chi connectivity index (χ0) is 22.9. The number of benzene rings is 3. The van der Waals surface area contributed by atoms with Crippen LogP contribution in [0.2, 0.25) is 0 Å². The van der Waals surface area contributed by atoms with E-state index in [4.69, 9.17) is 4.98 Å². The Balaban J connectivity index is 1.61. The lowest BCUT2D eigenvalue weighted by molar-refractivity contribution is 0.613. The van der Waals surface area contributed by atoms with Crippen LogP contribution in [0, 0.1) is 0 Å². The Morgan fingerprint density at radius 2 is 1.85 bits per heavy atom. The normalized spacial score (nSPS) is 12.7. The molecule has 0 spiro atoms. The molecule has 0 aliphatic heterocycles. The molecule has 0 saturated carbocycles. The van der Waals surface area contributed by atoms with E-state index in [0.717, 1.165) is 22.3 Å². The van der Waals surface area contributed by atoms with E-state index in [2.05, 4.69) is 69.8 Å². The summed E-state index contributed by atoms with van der Waals surface area (Å²) in [5.74, 6) is 0.757. The summed E-state index contributed by atoms with van der Waals surface area (Å²) in [6.07, 6.45) is 4.59. The average Bonchev–Trinajstić information content (AvgIpc) is 3.31. The van der Waals surface area contributed by atoms with Crippen LogP contribution >= 0.6 is 15.9 Å². The van der Waals surface area contributed by atoms with E-state index >= 15 is 0 Å². The quantitative estimate of drug-likeness (QED) is 0.259. The average molecular weight is 499 g/mol. The highest BCUT2D eigenvalue weighted by molar-refractivity contribution is 9.10. The third-order valence-electron chi connectivity index (χ3n) is 5.98. The van der Waals surface area contributed by atoms with Crippen LogP contribution in [0.5, 0.6) is 0 Å². The van der Waals surface area contributed by atoms with Crippen molar-refractivity contribution in [3.8, 4) is 5.69 Å². The van der Waals surface area contributed by atoms with Gasteiger partial charge in [-0.3, -0.25) is 4.79 Å². The van der Waals surface area contributed by atoms with Crippen molar-refractivity contribution in [1.82, 2.24) is 14.2 Å². The molecule has 3 aromatic carbocycles. The molecule has 0 N–H and O–H groups in total. The van der Waals surface area contributed by atoms with Crippen molar-refractivity contribution in [3.05, 3.63) is 105 Å². The topological polar surface area (TPSA) is 52.2 Å². The van der Waals surface area contributed by atoms with Crippen LogP contribution in [0.25, 0.3) is 27.4 Å². The van der Waals surface area contributed by atoms with Gasteiger partial charge in [0.25, 0.3) is 5.56 Å². The van der Waals surface area contributed by atoms with Gasteiger partial charge in [-0.1, -0.05) is 60.1 Å². The van der Waals surface area contributed by atoms with Crippen LogP contribution in [0.1, 0.15) is 37.7 Å². The molecule has 0 saturated heterocycles. The summed E-state index contributed by atoms with van der Waals surface area (Å²) in [7, 11) is 0. The van der Waals surface area contributed by atoms with Gasteiger partial charge in [-0.25, -0.2) is 4.98 Å². The molecule has 0 aliphatic rings. The molecule has 5 nitrogen and oxygen atoms in total. The van der Waals surface area contributed by atoms with Crippen LogP contribution in [0.3, 0.4) is 0 Å². The molecule has 2 heterocycles. The molecule has 0 unspecified atom stereocenters. The van der Waals surface area contributed by atoms with Gasteiger partial charge in [0, 0.05) is 22.3 Å². The van der Waals surface area contributed by atoms with Crippen molar-refractivity contribution in [2.45, 2.75) is 26.2 Å². The minimum Gasteiger partial charge on any atom is -0.316 e. The number of fused-ring (bicyclic) bond motifs is 2. The van der Waals surface area contributed by atoms with Crippen molar-refractivity contribution in [1.29, 1.82) is 0 Å². The lowest BCUT2D eigenvalue weighted by Crippen LogP contribution is -2.23. The highest BCUT2D eigenvalue weighted by atomic mass is 79.9. The van der Waals surface area contributed by atoms with E-state index < -0.39 is 0 Å². The fourth-order valence-electron chi connectivity index (χ4n) is 3.96. The number of hydrogen-bond donors (Lipinski definition) is 0. The van der Waals surface area contributed by atoms with Gasteiger partial charge in [0.1, 0.15) is 5.82 Å². The summed E-state index contributed by atoms with van der Waals surface area (Å²) in [4.78, 5) is 18.1. The standard InChI is InChI=1S/C27H23BrN4O/c1-3-18(2)26-30-25-13-11-21(28)16-24(25)27(33)32(26)29-17-23-9-6-14-31(23)22-12-10-19-7-4-5-8-20(19)15-22/h4-18H,3H2,1-2H3/t18-/m0/s1. The molecule has 2 aromatic heterocycles. The number of hydrogen-bond acceptors (Lipinski definition) is 3. The SMILES string of the molecule is CC[C@H](C)c1nc2ccc(Br)cc2c(=O)n1N=Cc1cccn1-c1ccc2ccccc2c1. The molecule has 0 amide bonds. The molecule has 1 atom stereocenters. The van der Waals surface area contributed by atoms with Gasteiger partial charge < -0.3 is 4.57 Å². The molecule has 33 heavy (non-hydrogen) atoms. The molecule has 0 bridgehead atoms. The maximum Gasteiger partial charge on any atom is 0.282 e. The Kier molecular flexibility index (Phi) is 5.68. The Labute approximate surface area is 200 Å². The molecule has 5 rings (SSSR count). The van der Waals surface area contributed by atoms with E-state index in [1.165, 1.54) is 15.4 Å². The fraction of sp³-hybridized carbons (Fsp3) is 0.148. The first-order chi connectivity index (χ1) is 16.0. The lowest BCUT2D eigenvalue weighted by Gasteiger charge is -2.14. The Morgan fingerprint density at radius 3 is 2.67 bits per heavy atom. The molecule has 0 fully saturated rings. The zero-order valence-electron chi connectivity index (χ0n) is 18.4. The second-order valence-electron chi connectivity index (χ2n) is 8.14. The van der Waals surface area contributed by atoms with E-state index in [1.807, 2.05) is 42.6 Å². The maximum atomic E-state index is 13.4. The summed E-state index contributed by atoms with van der Waals surface area (Å²) in [6.45, 7) is 4.15. The lowest BCUT2D eigenvalue weighted by atomic mass is 10.1. The van der Waals surface area contributed by atoms with Crippen LogP contribution in [-0.4, -0.2) is 20.4 Å². The van der Waals surface area contributed by atoms with Gasteiger partial charge in [0.05, 0.1) is 22.8 Å². The first-order valence-electron chi connectivity index (χ1n) is 11.0. The van der Waals surface area contributed by atoms with Crippen LogP contribution in [0.15, 0.2) is 93.4 Å². The van der Waals surface area contributed by atoms with Crippen molar-refractivity contribution in [2.24, 2.45) is 5.10 Å². The largest absolute Gasteiger partial charge is 0.316 e. The van der Waals surface area contributed by atoms with Gasteiger partial charge in [-0.2, -0.15) is 9.78 Å². The van der Waals surface area contributed by atoms with Gasteiger partial charge in [-0.05, 0) is 59.7 Å². The highest BCUT2D eigenvalue weighted by Gasteiger charge is 2.16. The first kappa shape index (κ1) is 21.3. The summed E-state index contributed by atoms with van der Waals surface area (Å²) >= 11 is 3.46. The van der Waals surface area contributed by atoms with Crippen molar-refractivity contribution in [3.63, 3.8) is 0 Å². The van der Waals surface area contributed by atoms with Crippen LogP contribution in [-0.2, 0) is 0 Å². The minimum absolute atomic E-state index is 0.0928. The monoisotopic (exact) mass is 498 g/mol. The van der Waals surface area contributed by atoms with E-state index in [1.54, 1.807) is 12.3 Å². The smallest absolute Gasteiger partial charge is 0.282 e. The molecular weight excluding hydrogens is 476 g/mol. The molecule has 6 heteroatoms. The number of halogens is 1. The highest BCUT2D eigenvalue weighted by Crippen LogP contribution is 2.22. The predicted molar refractivity (Wildman–Crippen MR) is 139 cm³/mol. The Bertz CT molecular complexity index is 1560. The van der Waals surface area contributed by atoms with Crippen LogP contribution < -0.4 is 5.56 Å². The van der Waals surface area contributed by atoms with E-state index in [-0.39, 0.29) is 11.5 Å². The van der Waals surface area contributed by atoms with Crippen molar-refractivity contribution < 1.29 is 0 Å². The second-order valence-corrected chi connectivity index (χ2v) is 9.05. The Morgan fingerprint density at radius 1 is 1.03 bits per heavy atom. The maximum absolute atomic E-state index is 13.4. The third kappa shape index (κ3) is 4.02. The zero-order valence-corrected chi connectivity index (χ0v) is 20.0. The van der Waals surface area contributed by atoms with Gasteiger partial charge in [0.15, 0.2) is 0 Å². The fourth-order valence-corrected chi connectivity index (χ4v) is 4.32.